The van der Waals surface area contributed by atoms with Crippen LogP contribution in [0.4, 0.5) is 5.13 Å². The number of aryl methyl sites for hydroxylation is 1. The Kier molecular flexibility index (Phi) is 7.21. The third kappa shape index (κ3) is 5.78. The summed E-state index contributed by atoms with van der Waals surface area (Å²) < 4.78 is 38.3. The fourth-order valence-electron chi connectivity index (χ4n) is 2.66. The summed E-state index contributed by atoms with van der Waals surface area (Å²) in [4.78, 5) is 12.4. The van der Waals surface area contributed by atoms with Gasteiger partial charge in [0.15, 0.2) is 11.5 Å². The lowest BCUT2D eigenvalue weighted by Crippen LogP contribution is -2.36. The minimum atomic E-state index is -3.93. The summed E-state index contributed by atoms with van der Waals surface area (Å²) in [7, 11) is -2.41. The number of rotatable bonds is 9. The number of nitrogens with zero attached hydrogens (tertiary/aromatic N) is 2. The number of carbonyl (C=O) groups is 1. The first-order chi connectivity index (χ1) is 14.8. The molecule has 1 amide bonds. The van der Waals surface area contributed by atoms with E-state index in [0.717, 1.165) is 16.9 Å². The SMILES string of the molecule is COc1ccccc1OCC(C)NS(=O)(=O)c1nnc(NC(=O)c2ccccc2C)s1. The molecule has 1 atom stereocenters. The second-order valence-corrected chi connectivity index (χ2v) is 9.49. The minimum Gasteiger partial charge on any atom is -0.493 e. The van der Waals surface area contributed by atoms with Crippen molar-refractivity contribution in [3.63, 3.8) is 0 Å². The van der Waals surface area contributed by atoms with E-state index in [4.69, 9.17) is 9.47 Å². The van der Waals surface area contributed by atoms with Gasteiger partial charge in [0, 0.05) is 5.56 Å². The monoisotopic (exact) mass is 462 g/mol. The average molecular weight is 463 g/mol. The molecule has 0 bridgehead atoms. The highest BCUT2D eigenvalue weighted by Gasteiger charge is 2.24. The molecular weight excluding hydrogens is 440 g/mol. The molecule has 11 heteroatoms. The molecule has 0 aliphatic rings. The van der Waals surface area contributed by atoms with Gasteiger partial charge in [-0.1, -0.05) is 41.7 Å². The summed E-state index contributed by atoms with van der Waals surface area (Å²) in [6.45, 7) is 3.55. The first-order valence-electron chi connectivity index (χ1n) is 9.29. The highest BCUT2D eigenvalue weighted by atomic mass is 32.2. The zero-order valence-electron chi connectivity index (χ0n) is 17.2. The number of sulfonamides is 1. The van der Waals surface area contributed by atoms with E-state index in [-0.39, 0.29) is 22.0 Å². The van der Waals surface area contributed by atoms with Crippen LogP contribution in [0.3, 0.4) is 0 Å². The molecule has 2 N–H and O–H groups in total. The van der Waals surface area contributed by atoms with E-state index < -0.39 is 16.1 Å². The maximum Gasteiger partial charge on any atom is 0.270 e. The van der Waals surface area contributed by atoms with Gasteiger partial charge < -0.3 is 9.47 Å². The Labute approximate surface area is 184 Å². The number of benzene rings is 2. The predicted molar refractivity (Wildman–Crippen MR) is 117 cm³/mol. The smallest absolute Gasteiger partial charge is 0.270 e. The molecule has 3 rings (SSSR count). The number of anilines is 1. The van der Waals surface area contributed by atoms with Crippen molar-refractivity contribution in [1.29, 1.82) is 0 Å². The van der Waals surface area contributed by atoms with Crippen LogP contribution in [0.5, 0.6) is 11.5 Å². The van der Waals surface area contributed by atoms with Crippen molar-refractivity contribution in [2.24, 2.45) is 0 Å². The van der Waals surface area contributed by atoms with E-state index in [1.54, 1.807) is 37.3 Å². The number of nitrogens with one attached hydrogen (secondary N) is 2. The van der Waals surface area contributed by atoms with Crippen molar-refractivity contribution in [1.82, 2.24) is 14.9 Å². The lowest BCUT2D eigenvalue weighted by molar-refractivity contribution is 0.102. The van der Waals surface area contributed by atoms with Gasteiger partial charge in [-0.05, 0) is 37.6 Å². The Hall–Kier alpha value is -3.02. The van der Waals surface area contributed by atoms with Crippen LogP contribution in [0.15, 0.2) is 52.9 Å². The minimum absolute atomic E-state index is 0.0787. The van der Waals surface area contributed by atoms with Gasteiger partial charge in [0.25, 0.3) is 15.9 Å². The van der Waals surface area contributed by atoms with Crippen LogP contribution in [0.2, 0.25) is 0 Å². The zero-order valence-corrected chi connectivity index (χ0v) is 18.8. The quantitative estimate of drug-likeness (QED) is 0.469. The van der Waals surface area contributed by atoms with Crippen molar-refractivity contribution < 1.29 is 22.7 Å². The van der Waals surface area contributed by atoms with E-state index >= 15 is 0 Å². The average Bonchev–Trinajstić information content (AvgIpc) is 3.22. The largest absolute Gasteiger partial charge is 0.493 e. The molecule has 1 heterocycles. The van der Waals surface area contributed by atoms with Crippen molar-refractivity contribution in [3.8, 4) is 11.5 Å². The van der Waals surface area contributed by atoms with Gasteiger partial charge in [0.2, 0.25) is 9.47 Å². The van der Waals surface area contributed by atoms with Crippen LogP contribution in [-0.4, -0.2) is 44.3 Å². The van der Waals surface area contributed by atoms with Gasteiger partial charge in [-0.25, -0.2) is 13.1 Å². The second kappa shape index (κ2) is 9.86. The Morgan fingerprint density at radius 1 is 1.10 bits per heavy atom. The summed E-state index contributed by atoms with van der Waals surface area (Å²) in [6.07, 6.45) is 0. The molecule has 9 nitrogen and oxygen atoms in total. The van der Waals surface area contributed by atoms with Crippen LogP contribution in [-0.2, 0) is 10.0 Å². The lowest BCUT2D eigenvalue weighted by atomic mass is 10.1. The van der Waals surface area contributed by atoms with Crippen LogP contribution in [0.25, 0.3) is 0 Å². The Bertz CT molecular complexity index is 1160. The van der Waals surface area contributed by atoms with Crippen molar-refractivity contribution >= 4 is 32.4 Å². The summed E-state index contributed by atoms with van der Waals surface area (Å²) in [5.74, 6) is 0.675. The lowest BCUT2D eigenvalue weighted by Gasteiger charge is -2.15. The Morgan fingerprint density at radius 3 is 2.48 bits per heavy atom. The van der Waals surface area contributed by atoms with E-state index in [1.165, 1.54) is 7.11 Å². The molecule has 1 aromatic heterocycles. The van der Waals surface area contributed by atoms with Crippen LogP contribution < -0.4 is 19.5 Å². The number of amides is 1. The molecule has 2 aromatic carbocycles. The third-order valence-electron chi connectivity index (χ3n) is 4.16. The maximum absolute atomic E-state index is 12.6. The summed E-state index contributed by atoms with van der Waals surface area (Å²) in [5.41, 5.74) is 1.27. The van der Waals surface area contributed by atoms with E-state index in [9.17, 15) is 13.2 Å². The van der Waals surface area contributed by atoms with E-state index in [1.807, 2.05) is 25.1 Å². The Morgan fingerprint density at radius 2 is 1.77 bits per heavy atom. The molecule has 0 aliphatic heterocycles. The fourth-order valence-corrected chi connectivity index (χ4v) is 4.80. The first kappa shape index (κ1) is 22.7. The molecule has 0 saturated carbocycles. The first-order valence-corrected chi connectivity index (χ1v) is 11.6. The molecule has 0 spiro atoms. The maximum atomic E-state index is 12.6. The Balaban J connectivity index is 1.61. The number of methoxy groups -OCH3 is 1. The molecule has 0 fully saturated rings. The van der Waals surface area contributed by atoms with Crippen LogP contribution in [0, 0.1) is 6.92 Å². The van der Waals surface area contributed by atoms with E-state index in [2.05, 4.69) is 20.2 Å². The van der Waals surface area contributed by atoms with Gasteiger partial charge in [-0.3, -0.25) is 10.1 Å². The zero-order chi connectivity index (χ0) is 22.4. The van der Waals surface area contributed by atoms with Crippen molar-refractivity contribution in [3.05, 3.63) is 59.7 Å². The van der Waals surface area contributed by atoms with Crippen molar-refractivity contribution in [2.45, 2.75) is 24.2 Å². The van der Waals surface area contributed by atoms with Gasteiger partial charge in [-0.2, -0.15) is 0 Å². The molecule has 1 unspecified atom stereocenters. The molecule has 0 saturated heterocycles. The number of ether oxygens (including phenoxy) is 2. The van der Waals surface area contributed by atoms with Crippen molar-refractivity contribution in [2.75, 3.05) is 19.0 Å². The molecule has 31 heavy (non-hydrogen) atoms. The second-order valence-electron chi connectivity index (χ2n) is 6.63. The van der Waals surface area contributed by atoms with Gasteiger partial charge in [0.1, 0.15) is 6.61 Å². The summed E-state index contributed by atoms with van der Waals surface area (Å²) in [6, 6.07) is 13.6. The van der Waals surface area contributed by atoms with Crippen LogP contribution >= 0.6 is 11.3 Å². The number of hydrogen-bond acceptors (Lipinski definition) is 8. The standard InChI is InChI=1S/C20H22N4O5S2/c1-13-8-4-5-9-15(13)18(25)21-19-22-23-20(30-19)31(26,27)24-14(2)12-29-17-11-7-6-10-16(17)28-3/h4-11,14,24H,12H2,1-3H3,(H,21,22,25). The number of aromatic nitrogens is 2. The van der Waals surface area contributed by atoms with Gasteiger partial charge in [0.05, 0.1) is 13.2 Å². The third-order valence-corrected chi connectivity index (χ3v) is 6.96. The molecular formula is C20H22N4O5S2. The number of hydrogen-bond donors (Lipinski definition) is 2. The summed E-state index contributed by atoms with van der Waals surface area (Å²) >= 11 is 0.766. The number of para-hydroxylation sites is 2. The predicted octanol–water partition coefficient (Wildman–Crippen LogP) is 2.85. The van der Waals surface area contributed by atoms with E-state index in [0.29, 0.717) is 17.1 Å². The summed E-state index contributed by atoms with van der Waals surface area (Å²) in [5, 5.41) is 10.1. The topological polar surface area (TPSA) is 120 Å². The molecule has 164 valence electrons. The highest BCUT2D eigenvalue weighted by Crippen LogP contribution is 2.26. The molecule has 0 radical (unpaired) electrons. The molecule has 0 aliphatic carbocycles. The number of carbonyl (C=O) groups excluding carboxylic acids is 1. The highest BCUT2D eigenvalue weighted by molar-refractivity contribution is 7.91. The normalized spacial score (nSPS) is 12.2. The molecule has 3 aromatic rings. The van der Waals surface area contributed by atoms with Crippen LogP contribution in [0.1, 0.15) is 22.8 Å². The van der Waals surface area contributed by atoms with Gasteiger partial charge in [-0.15, -0.1) is 10.2 Å². The van der Waals surface area contributed by atoms with Gasteiger partial charge >= 0.3 is 0 Å². The fraction of sp³-hybridized carbons (Fsp3) is 0.250.